The molecule has 1 aliphatic carbocycles. The third-order valence-electron chi connectivity index (χ3n) is 3.51. The predicted octanol–water partition coefficient (Wildman–Crippen LogP) is 3.18. The fraction of sp³-hybridized carbons (Fsp3) is 0.385. The highest BCUT2D eigenvalue weighted by Crippen LogP contribution is 2.33. The largest absolute Gasteiger partial charge is 0.368 e. The van der Waals surface area contributed by atoms with Gasteiger partial charge in [0.15, 0.2) is 10.3 Å². The highest BCUT2D eigenvalue weighted by atomic mass is 35.5. The van der Waals surface area contributed by atoms with Gasteiger partial charge in [-0.3, -0.25) is 0 Å². The molecule has 0 spiro atoms. The summed E-state index contributed by atoms with van der Waals surface area (Å²) in [5.41, 5.74) is 7.06. The Morgan fingerprint density at radius 2 is 1.90 bits per heavy atom. The molecular formula is C13H14Cl2N6. The summed E-state index contributed by atoms with van der Waals surface area (Å²) in [5.74, 6) is 0.865. The van der Waals surface area contributed by atoms with Gasteiger partial charge in [-0.15, -0.1) is 10.2 Å². The van der Waals surface area contributed by atoms with Gasteiger partial charge in [0.25, 0.3) is 0 Å². The number of anilines is 2. The van der Waals surface area contributed by atoms with Gasteiger partial charge in [0.2, 0.25) is 5.95 Å². The Morgan fingerprint density at radius 3 is 2.67 bits per heavy atom. The Morgan fingerprint density at radius 1 is 1.14 bits per heavy atom. The maximum absolute atomic E-state index is 6.11. The van der Waals surface area contributed by atoms with Gasteiger partial charge in [0.1, 0.15) is 5.82 Å². The van der Waals surface area contributed by atoms with Gasteiger partial charge in [-0.1, -0.05) is 36.0 Å². The molecule has 1 fully saturated rings. The number of hydrogen-bond acceptors (Lipinski definition) is 6. The zero-order valence-corrected chi connectivity index (χ0v) is 12.7. The second-order valence-electron chi connectivity index (χ2n) is 4.99. The van der Waals surface area contributed by atoms with Crippen LogP contribution in [0.25, 0.3) is 11.1 Å². The Balaban J connectivity index is 2.02. The number of nitrogens with zero attached hydrogens (tertiary/aromatic N) is 4. The lowest BCUT2D eigenvalue weighted by Gasteiger charge is -2.16. The first-order valence-electron chi connectivity index (χ1n) is 6.71. The van der Waals surface area contributed by atoms with Crippen LogP contribution in [0.2, 0.25) is 10.3 Å². The van der Waals surface area contributed by atoms with E-state index in [9.17, 15) is 0 Å². The second-order valence-corrected chi connectivity index (χ2v) is 5.73. The van der Waals surface area contributed by atoms with Crippen molar-refractivity contribution in [3.8, 4) is 11.1 Å². The fourth-order valence-electron chi connectivity index (χ4n) is 2.51. The summed E-state index contributed by atoms with van der Waals surface area (Å²) in [6.07, 6.45) is 6.30. The molecule has 1 aliphatic rings. The van der Waals surface area contributed by atoms with Crippen LogP contribution in [-0.2, 0) is 0 Å². The quantitative estimate of drug-likeness (QED) is 0.901. The lowest BCUT2D eigenvalue weighted by molar-refractivity contribution is 0.750. The summed E-state index contributed by atoms with van der Waals surface area (Å²) in [5, 5.41) is 11.5. The molecule has 0 unspecified atom stereocenters. The first-order chi connectivity index (χ1) is 10.1. The monoisotopic (exact) mass is 324 g/mol. The van der Waals surface area contributed by atoms with E-state index in [2.05, 4.69) is 25.5 Å². The summed E-state index contributed by atoms with van der Waals surface area (Å²) in [4.78, 5) is 8.33. The molecule has 0 aromatic carbocycles. The van der Waals surface area contributed by atoms with E-state index in [1.54, 1.807) is 12.3 Å². The number of hydrogen-bond donors (Lipinski definition) is 2. The summed E-state index contributed by atoms with van der Waals surface area (Å²) in [6, 6.07) is 2.04. The molecule has 3 rings (SSSR count). The smallest absolute Gasteiger partial charge is 0.221 e. The molecule has 2 aromatic heterocycles. The van der Waals surface area contributed by atoms with Gasteiger partial charge in [-0.25, -0.2) is 4.98 Å². The standard InChI is InChI=1S/C13H14Cl2N6/c14-10-5-8(11(15)21-20-10)9-6-17-13(16)19-12(9)18-7-3-1-2-4-7/h5-7H,1-4H2,(H3,16,17,18,19). The Kier molecular flexibility index (Phi) is 4.07. The summed E-state index contributed by atoms with van der Waals surface area (Å²) < 4.78 is 0. The van der Waals surface area contributed by atoms with E-state index in [0.29, 0.717) is 17.4 Å². The molecule has 0 atom stereocenters. The molecule has 3 N–H and O–H groups in total. The van der Waals surface area contributed by atoms with Crippen molar-refractivity contribution in [2.75, 3.05) is 11.1 Å². The van der Waals surface area contributed by atoms with Gasteiger partial charge < -0.3 is 11.1 Å². The first kappa shape index (κ1) is 14.3. The average molecular weight is 325 g/mol. The topological polar surface area (TPSA) is 89.6 Å². The average Bonchev–Trinajstić information content (AvgIpc) is 2.95. The number of rotatable bonds is 3. The molecule has 0 amide bonds. The first-order valence-corrected chi connectivity index (χ1v) is 7.47. The molecule has 0 radical (unpaired) electrons. The molecule has 2 aromatic rings. The van der Waals surface area contributed by atoms with E-state index in [-0.39, 0.29) is 16.3 Å². The van der Waals surface area contributed by atoms with E-state index in [0.717, 1.165) is 18.4 Å². The Hall–Kier alpha value is -1.66. The maximum Gasteiger partial charge on any atom is 0.221 e. The lowest BCUT2D eigenvalue weighted by atomic mass is 10.1. The molecule has 1 saturated carbocycles. The summed E-state index contributed by atoms with van der Waals surface area (Å²) >= 11 is 12.0. The van der Waals surface area contributed by atoms with Crippen LogP contribution in [0, 0.1) is 0 Å². The molecule has 2 heterocycles. The number of halogens is 2. The van der Waals surface area contributed by atoms with Gasteiger partial charge in [-0.05, 0) is 18.9 Å². The second kappa shape index (κ2) is 5.99. The van der Waals surface area contributed by atoms with Crippen LogP contribution in [0.4, 0.5) is 11.8 Å². The van der Waals surface area contributed by atoms with Crippen molar-refractivity contribution in [2.24, 2.45) is 0 Å². The van der Waals surface area contributed by atoms with Gasteiger partial charge in [-0.2, -0.15) is 4.98 Å². The summed E-state index contributed by atoms with van der Waals surface area (Å²) in [6.45, 7) is 0. The summed E-state index contributed by atoms with van der Waals surface area (Å²) in [7, 11) is 0. The van der Waals surface area contributed by atoms with Crippen LogP contribution in [0.5, 0.6) is 0 Å². The molecule has 0 saturated heterocycles. The minimum absolute atomic E-state index is 0.212. The normalized spacial score (nSPS) is 15.3. The molecular weight excluding hydrogens is 311 g/mol. The number of nitrogens with two attached hydrogens (primary N) is 1. The third kappa shape index (κ3) is 3.16. The van der Waals surface area contributed by atoms with E-state index < -0.39 is 0 Å². The molecule has 0 bridgehead atoms. The molecule has 110 valence electrons. The maximum atomic E-state index is 6.11. The fourth-order valence-corrected chi connectivity index (χ4v) is 2.85. The van der Waals surface area contributed by atoms with Crippen LogP contribution in [0.1, 0.15) is 25.7 Å². The molecule has 6 nitrogen and oxygen atoms in total. The van der Waals surface area contributed by atoms with Crippen molar-refractivity contribution < 1.29 is 0 Å². The van der Waals surface area contributed by atoms with E-state index in [1.807, 2.05) is 0 Å². The highest BCUT2D eigenvalue weighted by molar-refractivity contribution is 6.33. The van der Waals surface area contributed by atoms with Gasteiger partial charge >= 0.3 is 0 Å². The van der Waals surface area contributed by atoms with E-state index in [4.69, 9.17) is 28.9 Å². The predicted molar refractivity (Wildman–Crippen MR) is 83.4 cm³/mol. The van der Waals surface area contributed by atoms with Crippen molar-refractivity contribution in [2.45, 2.75) is 31.7 Å². The SMILES string of the molecule is Nc1ncc(-c2cc(Cl)nnc2Cl)c(NC2CCCC2)n1. The van der Waals surface area contributed by atoms with Crippen LogP contribution >= 0.6 is 23.2 Å². The molecule has 8 heteroatoms. The van der Waals surface area contributed by atoms with Crippen molar-refractivity contribution in [3.63, 3.8) is 0 Å². The lowest BCUT2D eigenvalue weighted by Crippen LogP contribution is -2.17. The van der Waals surface area contributed by atoms with Crippen molar-refractivity contribution in [3.05, 3.63) is 22.6 Å². The van der Waals surface area contributed by atoms with Crippen molar-refractivity contribution in [1.82, 2.24) is 20.2 Å². The zero-order valence-electron chi connectivity index (χ0n) is 11.2. The minimum atomic E-state index is 0.212. The van der Waals surface area contributed by atoms with Gasteiger partial charge in [0, 0.05) is 23.4 Å². The van der Waals surface area contributed by atoms with Gasteiger partial charge in [0.05, 0.1) is 0 Å². The molecule has 21 heavy (non-hydrogen) atoms. The number of nitrogen functional groups attached to an aromatic ring is 1. The Labute approximate surface area is 132 Å². The van der Waals surface area contributed by atoms with Crippen LogP contribution < -0.4 is 11.1 Å². The minimum Gasteiger partial charge on any atom is -0.368 e. The van der Waals surface area contributed by atoms with Crippen LogP contribution in [0.15, 0.2) is 12.3 Å². The number of aromatic nitrogens is 4. The number of nitrogens with one attached hydrogen (secondary N) is 1. The third-order valence-corrected chi connectivity index (χ3v) is 3.98. The Bertz CT molecular complexity index is 657. The van der Waals surface area contributed by atoms with Crippen LogP contribution in [0.3, 0.4) is 0 Å². The zero-order chi connectivity index (χ0) is 14.8. The molecule has 0 aliphatic heterocycles. The van der Waals surface area contributed by atoms with E-state index >= 15 is 0 Å². The van der Waals surface area contributed by atoms with Crippen LogP contribution in [-0.4, -0.2) is 26.2 Å². The van der Waals surface area contributed by atoms with Crippen molar-refractivity contribution in [1.29, 1.82) is 0 Å². The van der Waals surface area contributed by atoms with Crippen molar-refractivity contribution >= 4 is 35.0 Å². The highest BCUT2D eigenvalue weighted by Gasteiger charge is 2.19. The van der Waals surface area contributed by atoms with E-state index in [1.165, 1.54) is 12.8 Å².